The van der Waals surface area contributed by atoms with Gasteiger partial charge in [0.25, 0.3) is 0 Å². The minimum atomic E-state index is -0.371. The van der Waals surface area contributed by atoms with Crippen LogP contribution in [0.4, 0.5) is 0 Å². The number of fused-ring (bicyclic) bond motifs is 4. The molecule has 3 aliphatic rings. The lowest BCUT2D eigenvalue weighted by Gasteiger charge is -2.44. The van der Waals surface area contributed by atoms with Crippen molar-refractivity contribution < 1.29 is 5.11 Å². The molecule has 1 N–H and O–H groups in total. The van der Waals surface area contributed by atoms with Crippen molar-refractivity contribution in [1.29, 1.82) is 0 Å². The number of aliphatic hydroxyl groups excluding tert-OH is 1. The van der Waals surface area contributed by atoms with Gasteiger partial charge in [0.15, 0.2) is 0 Å². The van der Waals surface area contributed by atoms with Gasteiger partial charge in [0, 0.05) is 12.6 Å². The van der Waals surface area contributed by atoms with E-state index in [0.717, 1.165) is 31.0 Å². The normalized spacial score (nSPS) is 26.0. The van der Waals surface area contributed by atoms with Gasteiger partial charge < -0.3 is 5.11 Å². The monoisotopic (exact) mass is 347 g/mol. The van der Waals surface area contributed by atoms with Crippen molar-refractivity contribution in [3.8, 4) is 11.1 Å². The van der Waals surface area contributed by atoms with Crippen molar-refractivity contribution in [2.75, 3.05) is 13.1 Å². The zero-order chi connectivity index (χ0) is 17.5. The van der Waals surface area contributed by atoms with E-state index < -0.39 is 0 Å². The first-order valence-electron chi connectivity index (χ1n) is 10.4. The Hall–Kier alpha value is -1.64. The highest BCUT2D eigenvalue weighted by Gasteiger charge is 2.34. The molecule has 2 nitrogen and oxygen atoms in total. The van der Waals surface area contributed by atoms with Gasteiger partial charge in [-0.15, -0.1) is 0 Å². The van der Waals surface area contributed by atoms with Gasteiger partial charge in [-0.3, -0.25) is 4.90 Å². The van der Waals surface area contributed by atoms with Gasteiger partial charge in [-0.1, -0.05) is 55.3 Å². The molecule has 26 heavy (non-hydrogen) atoms. The fraction of sp³-hybridized carbons (Fsp3) is 0.500. The Balaban J connectivity index is 1.33. The molecule has 1 saturated heterocycles. The molecule has 1 heterocycles. The van der Waals surface area contributed by atoms with Crippen molar-refractivity contribution in [3.63, 3.8) is 0 Å². The Morgan fingerprint density at radius 1 is 0.923 bits per heavy atom. The summed E-state index contributed by atoms with van der Waals surface area (Å²) in [7, 11) is 0. The standard InChI is InChI=1S/C24H29NO/c26-24(16-25-13-5-8-17-6-2-4-10-23(17)25)19-11-12-22-20(15-19)14-18-7-1-3-9-21(18)22/h1,3,7,9,11-12,15,17,23-24,26H,2,4-6,8,10,13-14,16H2. The molecule has 0 aromatic heterocycles. The van der Waals surface area contributed by atoms with E-state index in [4.69, 9.17) is 0 Å². The largest absolute Gasteiger partial charge is 0.387 e. The van der Waals surface area contributed by atoms with Crippen LogP contribution in [-0.4, -0.2) is 29.1 Å². The van der Waals surface area contributed by atoms with E-state index >= 15 is 0 Å². The summed E-state index contributed by atoms with van der Waals surface area (Å²) in [5.41, 5.74) is 6.59. The van der Waals surface area contributed by atoms with Gasteiger partial charge >= 0.3 is 0 Å². The molecule has 3 unspecified atom stereocenters. The molecule has 0 spiro atoms. The summed E-state index contributed by atoms with van der Waals surface area (Å²) in [6.07, 6.45) is 8.83. The maximum absolute atomic E-state index is 11.0. The third-order valence-electron chi connectivity index (χ3n) is 6.97. The van der Waals surface area contributed by atoms with Crippen LogP contribution < -0.4 is 0 Å². The Morgan fingerprint density at radius 2 is 1.73 bits per heavy atom. The number of benzene rings is 2. The van der Waals surface area contributed by atoms with E-state index in [0.29, 0.717) is 6.04 Å². The predicted octanol–water partition coefficient (Wildman–Crippen LogP) is 4.95. The zero-order valence-electron chi connectivity index (χ0n) is 15.5. The molecular formula is C24H29NO. The van der Waals surface area contributed by atoms with Gasteiger partial charge in [-0.2, -0.15) is 0 Å². The molecule has 2 heteroatoms. The van der Waals surface area contributed by atoms with Crippen LogP contribution in [-0.2, 0) is 6.42 Å². The molecule has 2 aromatic rings. The molecule has 0 bridgehead atoms. The van der Waals surface area contributed by atoms with Crippen molar-refractivity contribution in [1.82, 2.24) is 4.90 Å². The molecule has 2 fully saturated rings. The van der Waals surface area contributed by atoms with Crippen LogP contribution in [0.5, 0.6) is 0 Å². The first-order chi connectivity index (χ1) is 12.8. The molecule has 1 aliphatic heterocycles. The van der Waals surface area contributed by atoms with Crippen molar-refractivity contribution in [3.05, 3.63) is 59.2 Å². The van der Waals surface area contributed by atoms with Crippen molar-refractivity contribution in [2.45, 2.75) is 57.1 Å². The number of nitrogens with zero attached hydrogens (tertiary/aromatic N) is 1. The number of aliphatic hydroxyl groups is 1. The third-order valence-corrected chi connectivity index (χ3v) is 6.97. The number of β-amino-alcohol motifs (C(OH)–C–C–N with tert-alkyl or cyclic N) is 1. The Morgan fingerprint density at radius 3 is 2.69 bits per heavy atom. The quantitative estimate of drug-likeness (QED) is 0.725. The number of piperidine rings is 1. The number of hydrogen-bond acceptors (Lipinski definition) is 2. The summed E-state index contributed by atoms with van der Waals surface area (Å²) in [6, 6.07) is 16.0. The molecule has 136 valence electrons. The van der Waals surface area contributed by atoms with Crippen molar-refractivity contribution in [2.24, 2.45) is 5.92 Å². The Kier molecular flexibility index (Phi) is 4.34. The summed E-state index contributed by atoms with van der Waals surface area (Å²) < 4.78 is 0. The van der Waals surface area contributed by atoms with E-state index in [1.54, 1.807) is 0 Å². The molecule has 0 radical (unpaired) electrons. The maximum atomic E-state index is 11.0. The molecule has 5 rings (SSSR count). The summed E-state index contributed by atoms with van der Waals surface area (Å²) in [6.45, 7) is 1.96. The molecule has 3 atom stereocenters. The Labute approximate surface area is 156 Å². The lowest BCUT2D eigenvalue weighted by molar-refractivity contribution is 0.0205. The fourth-order valence-electron chi connectivity index (χ4n) is 5.65. The minimum Gasteiger partial charge on any atom is -0.387 e. The van der Waals surface area contributed by atoms with Gasteiger partial charge in [-0.25, -0.2) is 0 Å². The number of likely N-dealkylation sites (tertiary alicyclic amines) is 1. The van der Waals surface area contributed by atoms with Crippen molar-refractivity contribution >= 4 is 0 Å². The maximum Gasteiger partial charge on any atom is 0.0917 e. The molecule has 1 saturated carbocycles. The van der Waals surface area contributed by atoms with Gasteiger partial charge in [0.2, 0.25) is 0 Å². The minimum absolute atomic E-state index is 0.371. The van der Waals surface area contributed by atoms with Gasteiger partial charge in [-0.05, 0) is 72.4 Å². The van der Waals surface area contributed by atoms with Crippen LogP contribution in [0.25, 0.3) is 11.1 Å². The molecular weight excluding hydrogens is 318 g/mol. The predicted molar refractivity (Wildman–Crippen MR) is 106 cm³/mol. The average molecular weight is 348 g/mol. The van der Waals surface area contributed by atoms with Crippen LogP contribution in [0.3, 0.4) is 0 Å². The highest BCUT2D eigenvalue weighted by atomic mass is 16.3. The highest BCUT2D eigenvalue weighted by molar-refractivity contribution is 5.76. The van der Waals surface area contributed by atoms with Crippen LogP contribution in [0.2, 0.25) is 0 Å². The molecule has 2 aromatic carbocycles. The summed E-state index contributed by atoms with van der Waals surface area (Å²) >= 11 is 0. The highest BCUT2D eigenvalue weighted by Crippen LogP contribution is 2.39. The second-order valence-corrected chi connectivity index (χ2v) is 8.52. The topological polar surface area (TPSA) is 23.5 Å². The van der Waals surface area contributed by atoms with E-state index in [1.165, 1.54) is 60.8 Å². The van der Waals surface area contributed by atoms with Crippen LogP contribution in [0.15, 0.2) is 42.5 Å². The smallest absolute Gasteiger partial charge is 0.0917 e. The Bertz CT molecular complexity index is 797. The van der Waals surface area contributed by atoms with E-state index in [9.17, 15) is 5.11 Å². The van der Waals surface area contributed by atoms with E-state index in [-0.39, 0.29) is 6.10 Å². The summed E-state index contributed by atoms with van der Waals surface area (Å²) in [5.74, 6) is 0.874. The third kappa shape index (κ3) is 2.90. The lowest BCUT2D eigenvalue weighted by atomic mass is 9.78. The van der Waals surface area contributed by atoms with Crippen LogP contribution in [0, 0.1) is 5.92 Å². The summed E-state index contributed by atoms with van der Waals surface area (Å²) in [4.78, 5) is 2.60. The molecule has 2 aliphatic carbocycles. The van der Waals surface area contributed by atoms with E-state index in [1.807, 2.05) is 0 Å². The second-order valence-electron chi connectivity index (χ2n) is 8.52. The van der Waals surface area contributed by atoms with E-state index in [2.05, 4.69) is 47.4 Å². The first kappa shape index (κ1) is 16.5. The van der Waals surface area contributed by atoms with Crippen LogP contribution >= 0.6 is 0 Å². The van der Waals surface area contributed by atoms with Crippen LogP contribution in [0.1, 0.15) is 61.3 Å². The zero-order valence-corrected chi connectivity index (χ0v) is 15.5. The lowest BCUT2D eigenvalue weighted by Crippen LogP contribution is -2.48. The first-order valence-corrected chi connectivity index (χ1v) is 10.4. The fourth-order valence-corrected chi connectivity index (χ4v) is 5.65. The number of rotatable bonds is 3. The number of hydrogen-bond donors (Lipinski definition) is 1. The van der Waals surface area contributed by atoms with Gasteiger partial charge in [0.1, 0.15) is 0 Å². The average Bonchev–Trinajstić information content (AvgIpc) is 3.06. The second kappa shape index (κ2) is 6.83. The van der Waals surface area contributed by atoms with Gasteiger partial charge in [0.05, 0.1) is 6.10 Å². The SMILES string of the molecule is OC(CN1CCCC2CCCCC21)c1ccc2c(c1)Cc1ccccc1-2. The molecule has 0 amide bonds. The summed E-state index contributed by atoms with van der Waals surface area (Å²) in [5, 5.41) is 11.0.